The number of aromatic nitrogens is 1. The van der Waals surface area contributed by atoms with Gasteiger partial charge >= 0.3 is 17.8 Å². The molecule has 1 aromatic carbocycles. The number of benzene rings is 1. The van der Waals surface area contributed by atoms with E-state index in [0.717, 1.165) is 0 Å². The Labute approximate surface area is 178 Å². The number of rotatable bonds is 9. The molecule has 0 radical (unpaired) electrons. The van der Waals surface area contributed by atoms with E-state index in [9.17, 15) is 19.5 Å². The van der Waals surface area contributed by atoms with E-state index < -0.39 is 23.8 Å². The second kappa shape index (κ2) is 9.70. The molecule has 1 unspecified atom stereocenters. The molecule has 0 bridgehead atoms. The van der Waals surface area contributed by atoms with Crippen molar-refractivity contribution in [1.29, 1.82) is 5.41 Å². The van der Waals surface area contributed by atoms with Crippen molar-refractivity contribution in [2.45, 2.75) is 12.5 Å². The van der Waals surface area contributed by atoms with Gasteiger partial charge in [0.1, 0.15) is 18.2 Å². The first-order valence-corrected chi connectivity index (χ1v) is 9.65. The number of hydrogen-bond acceptors (Lipinski definition) is 6. The number of hydrogen-bond donors (Lipinski definition) is 3. The monoisotopic (exact) mass is 425 g/mol. The number of carboxylic acids is 1. The topological polar surface area (TPSA) is 150 Å². The molecule has 1 atom stereocenters. The van der Waals surface area contributed by atoms with Crippen LogP contribution in [-0.4, -0.2) is 69.8 Å². The molecule has 2 amide bonds. The van der Waals surface area contributed by atoms with Crippen LogP contribution in [0.2, 0.25) is 0 Å². The van der Waals surface area contributed by atoms with Crippen LogP contribution >= 0.6 is 0 Å². The summed E-state index contributed by atoms with van der Waals surface area (Å²) in [4.78, 5) is 43.3. The zero-order valence-electron chi connectivity index (χ0n) is 16.7. The number of amidine groups is 1. The maximum atomic E-state index is 12.7. The van der Waals surface area contributed by atoms with Crippen molar-refractivity contribution in [2.75, 3.05) is 26.2 Å². The SMILES string of the molecule is N=C(N)c1ccc(OCCN2CCN(C(CC(=O)O)c3cccnc3)C(=O)C2=O)cc1. The van der Waals surface area contributed by atoms with Crippen molar-refractivity contribution in [3.63, 3.8) is 0 Å². The molecule has 10 nitrogen and oxygen atoms in total. The average molecular weight is 425 g/mol. The molecule has 0 aliphatic carbocycles. The van der Waals surface area contributed by atoms with E-state index in [-0.39, 0.29) is 38.5 Å². The molecule has 2 heterocycles. The molecular formula is C21H23N5O5. The van der Waals surface area contributed by atoms with Crippen LogP contribution in [0.5, 0.6) is 5.75 Å². The number of amides is 2. The number of carbonyl (C=O) groups is 3. The zero-order valence-corrected chi connectivity index (χ0v) is 16.7. The zero-order chi connectivity index (χ0) is 22.4. The average Bonchev–Trinajstić information content (AvgIpc) is 2.76. The number of pyridine rings is 1. The summed E-state index contributed by atoms with van der Waals surface area (Å²) in [5.74, 6) is -1.99. The highest BCUT2D eigenvalue weighted by atomic mass is 16.5. The minimum absolute atomic E-state index is 0.0407. The molecule has 3 rings (SSSR count). The van der Waals surface area contributed by atoms with Gasteiger partial charge in [0.25, 0.3) is 0 Å². The summed E-state index contributed by atoms with van der Waals surface area (Å²) < 4.78 is 5.61. The Bertz CT molecular complexity index is 964. The molecular weight excluding hydrogens is 402 g/mol. The molecule has 31 heavy (non-hydrogen) atoms. The summed E-state index contributed by atoms with van der Waals surface area (Å²) in [7, 11) is 0. The van der Waals surface area contributed by atoms with Crippen molar-refractivity contribution in [2.24, 2.45) is 5.73 Å². The van der Waals surface area contributed by atoms with Gasteiger partial charge in [0.2, 0.25) is 0 Å². The van der Waals surface area contributed by atoms with Crippen LogP contribution in [0.25, 0.3) is 0 Å². The van der Waals surface area contributed by atoms with Crippen LogP contribution in [-0.2, 0) is 14.4 Å². The fraction of sp³-hybridized carbons (Fsp3) is 0.286. The summed E-state index contributed by atoms with van der Waals surface area (Å²) in [6.07, 6.45) is 2.74. The largest absolute Gasteiger partial charge is 0.492 e. The lowest BCUT2D eigenvalue weighted by molar-refractivity contribution is -0.159. The van der Waals surface area contributed by atoms with Crippen molar-refractivity contribution in [3.05, 3.63) is 59.9 Å². The number of carbonyl (C=O) groups excluding carboxylic acids is 2. The molecule has 10 heteroatoms. The van der Waals surface area contributed by atoms with Gasteiger partial charge in [0, 0.05) is 31.0 Å². The minimum atomic E-state index is -1.07. The number of ether oxygens (including phenoxy) is 1. The smallest absolute Gasteiger partial charge is 0.312 e. The molecule has 1 fully saturated rings. The fourth-order valence-corrected chi connectivity index (χ4v) is 3.35. The van der Waals surface area contributed by atoms with E-state index in [1.54, 1.807) is 42.6 Å². The van der Waals surface area contributed by atoms with E-state index in [2.05, 4.69) is 4.98 Å². The third kappa shape index (κ3) is 5.35. The molecule has 1 aliphatic heterocycles. The van der Waals surface area contributed by atoms with Gasteiger partial charge in [0.15, 0.2) is 0 Å². The first-order chi connectivity index (χ1) is 14.9. The molecule has 1 aromatic heterocycles. The molecule has 162 valence electrons. The Morgan fingerprint density at radius 2 is 1.94 bits per heavy atom. The molecule has 0 saturated carbocycles. The van der Waals surface area contributed by atoms with Crippen LogP contribution < -0.4 is 10.5 Å². The Morgan fingerprint density at radius 3 is 2.55 bits per heavy atom. The Hall–Kier alpha value is -3.95. The molecule has 0 spiro atoms. The van der Waals surface area contributed by atoms with Crippen LogP contribution in [0.15, 0.2) is 48.8 Å². The molecule has 2 aromatic rings. The first kappa shape index (κ1) is 21.8. The number of nitrogens with two attached hydrogens (primary N) is 1. The standard InChI is InChI=1S/C21H23N5O5/c22-19(23)14-3-5-16(6-4-14)31-11-10-25-8-9-26(21(30)20(25)29)17(12-18(27)28)15-2-1-7-24-13-15/h1-7,13,17H,8-12H2,(H3,22,23)(H,27,28). The van der Waals surface area contributed by atoms with Gasteiger partial charge in [-0.3, -0.25) is 24.8 Å². The number of carboxylic acid groups (broad SMARTS) is 1. The van der Waals surface area contributed by atoms with Crippen molar-refractivity contribution < 1.29 is 24.2 Å². The second-order valence-electron chi connectivity index (χ2n) is 6.98. The second-order valence-corrected chi connectivity index (χ2v) is 6.98. The molecule has 4 N–H and O–H groups in total. The van der Waals surface area contributed by atoms with Crippen molar-refractivity contribution in [1.82, 2.24) is 14.8 Å². The van der Waals surface area contributed by atoms with E-state index >= 15 is 0 Å². The lowest BCUT2D eigenvalue weighted by atomic mass is 10.0. The lowest BCUT2D eigenvalue weighted by Crippen LogP contribution is -2.56. The van der Waals surface area contributed by atoms with Crippen LogP contribution in [0, 0.1) is 5.41 Å². The quantitative estimate of drug-likeness (QED) is 0.303. The number of nitrogens with zero attached hydrogens (tertiary/aromatic N) is 3. The van der Waals surface area contributed by atoms with Crippen molar-refractivity contribution >= 4 is 23.6 Å². The van der Waals surface area contributed by atoms with Gasteiger partial charge in [-0.15, -0.1) is 0 Å². The van der Waals surface area contributed by atoms with Gasteiger partial charge in [0.05, 0.1) is 19.0 Å². The lowest BCUT2D eigenvalue weighted by Gasteiger charge is -2.38. The molecule has 1 aliphatic rings. The van der Waals surface area contributed by atoms with Gasteiger partial charge in [-0.25, -0.2) is 0 Å². The number of nitrogen functional groups attached to an aromatic ring is 1. The van der Waals surface area contributed by atoms with E-state index in [0.29, 0.717) is 16.9 Å². The predicted octanol–water partition coefficient (Wildman–Crippen LogP) is 0.631. The van der Waals surface area contributed by atoms with Crippen LogP contribution in [0.4, 0.5) is 0 Å². The third-order valence-corrected chi connectivity index (χ3v) is 4.95. The third-order valence-electron chi connectivity index (χ3n) is 4.95. The number of aliphatic carboxylic acids is 1. The highest BCUT2D eigenvalue weighted by Gasteiger charge is 2.37. The van der Waals surface area contributed by atoms with Gasteiger partial charge in [-0.05, 0) is 35.9 Å². The minimum Gasteiger partial charge on any atom is -0.492 e. The summed E-state index contributed by atoms with van der Waals surface area (Å²) in [5, 5.41) is 16.6. The number of piperazine rings is 1. The summed E-state index contributed by atoms with van der Waals surface area (Å²) in [6, 6.07) is 9.25. The highest BCUT2D eigenvalue weighted by Crippen LogP contribution is 2.26. The summed E-state index contributed by atoms with van der Waals surface area (Å²) in [6.45, 7) is 0.876. The normalized spacial score (nSPS) is 15.0. The molecule has 1 saturated heterocycles. The first-order valence-electron chi connectivity index (χ1n) is 9.65. The maximum absolute atomic E-state index is 12.7. The fourth-order valence-electron chi connectivity index (χ4n) is 3.35. The number of nitrogens with one attached hydrogen (secondary N) is 1. The Morgan fingerprint density at radius 1 is 1.19 bits per heavy atom. The van der Waals surface area contributed by atoms with Gasteiger partial charge < -0.3 is 25.4 Å². The van der Waals surface area contributed by atoms with Crippen molar-refractivity contribution in [3.8, 4) is 5.75 Å². The van der Waals surface area contributed by atoms with Crippen LogP contribution in [0.1, 0.15) is 23.6 Å². The summed E-state index contributed by atoms with van der Waals surface area (Å²) in [5.41, 5.74) is 6.56. The van der Waals surface area contributed by atoms with Crippen LogP contribution in [0.3, 0.4) is 0 Å². The summed E-state index contributed by atoms with van der Waals surface area (Å²) >= 11 is 0. The Kier molecular flexibility index (Phi) is 6.81. The highest BCUT2D eigenvalue weighted by molar-refractivity contribution is 6.35. The predicted molar refractivity (Wildman–Crippen MR) is 110 cm³/mol. The Balaban J connectivity index is 1.60. The van der Waals surface area contributed by atoms with Gasteiger partial charge in [-0.2, -0.15) is 0 Å². The van der Waals surface area contributed by atoms with E-state index in [1.807, 2.05) is 0 Å². The van der Waals surface area contributed by atoms with E-state index in [4.69, 9.17) is 15.9 Å². The van der Waals surface area contributed by atoms with Gasteiger partial charge in [-0.1, -0.05) is 6.07 Å². The van der Waals surface area contributed by atoms with E-state index in [1.165, 1.54) is 16.0 Å². The maximum Gasteiger partial charge on any atom is 0.312 e.